The third kappa shape index (κ3) is 8.33. The quantitative estimate of drug-likeness (QED) is 0.200. The van der Waals surface area contributed by atoms with Gasteiger partial charge in [0.05, 0.1) is 64.3 Å². The molecule has 4 rings (SSSR count). The van der Waals surface area contributed by atoms with Crippen LogP contribution < -0.4 is 20.9 Å². The first-order chi connectivity index (χ1) is 21.8. The van der Waals surface area contributed by atoms with Gasteiger partial charge >= 0.3 is 12.1 Å². The molecule has 0 bridgehead atoms. The first-order valence-electron chi connectivity index (χ1n) is 14.2. The SMILES string of the molecule is CC(C)(C)C(=O)NCc1ccc(Cl)c(Nc2nc3cc(C(=O)NCC(F)(F)C(F)(F)F)c(N4CCOCC4)cc3n2CC(F)F)c1Cl. The Morgan fingerprint density at radius 1 is 1.02 bits per heavy atom. The van der Waals surface area contributed by atoms with Gasteiger partial charge in [-0.1, -0.05) is 50.0 Å². The number of imidazole rings is 1. The smallest absolute Gasteiger partial charge is 0.378 e. The Balaban J connectivity index is 1.78. The predicted molar refractivity (Wildman–Crippen MR) is 163 cm³/mol. The summed E-state index contributed by atoms with van der Waals surface area (Å²) in [7, 11) is 0. The van der Waals surface area contributed by atoms with Crippen LogP contribution in [0.5, 0.6) is 0 Å². The van der Waals surface area contributed by atoms with E-state index in [4.69, 9.17) is 27.9 Å². The Morgan fingerprint density at radius 3 is 2.28 bits per heavy atom. The lowest BCUT2D eigenvalue weighted by molar-refractivity contribution is -0.278. The number of nitrogens with one attached hydrogen (secondary N) is 3. The fourth-order valence-electron chi connectivity index (χ4n) is 4.61. The van der Waals surface area contributed by atoms with E-state index in [0.29, 0.717) is 5.56 Å². The van der Waals surface area contributed by atoms with Crippen molar-refractivity contribution in [2.45, 2.75) is 52.4 Å². The number of anilines is 3. The molecule has 3 N–H and O–H groups in total. The molecule has 2 amide bonds. The first-order valence-corrected chi connectivity index (χ1v) is 15.0. The van der Waals surface area contributed by atoms with Crippen molar-refractivity contribution in [3.8, 4) is 0 Å². The van der Waals surface area contributed by atoms with Crippen molar-refractivity contribution in [1.29, 1.82) is 0 Å². The van der Waals surface area contributed by atoms with Crippen LogP contribution in [0, 0.1) is 5.41 Å². The fraction of sp³-hybridized carbons (Fsp3) is 0.483. The van der Waals surface area contributed by atoms with Gasteiger partial charge in [0.15, 0.2) is 0 Å². The number of hydrogen-bond donors (Lipinski definition) is 3. The van der Waals surface area contributed by atoms with Gasteiger partial charge in [0.25, 0.3) is 12.3 Å². The number of carbonyl (C=O) groups excluding carboxylic acids is 2. The Hall–Kier alpha value is -3.50. The summed E-state index contributed by atoms with van der Waals surface area (Å²) in [5, 5.41) is 7.38. The van der Waals surface area contributed by atoms with Crippen molar-refractivity contribution in [2.24, 2.45) is 5.41 Å². The molecule has 0 spiro atoms. The lowest BCUT2D eigenvalue weighted by Crippen LogP contribution is -2.47. The summed E-state index contributed by atoms with van der Waals surface area (Å²) in [5.41, 5.74) is -0.360. The lowest BCUT2D eigenvalue weighted by Gasteiger charge is -2.30. The van der Waals surface area contributed by atoms with Crippen molar-refractivity contribution in [3.63, 3.8) is 0 Å². The van der Waals surface area contributed by atoms with Crippen molar-refractivity contribution < 1.29 is 45.1 Å². The number of benzene rings is 2. The van der Waals surface area contributed by atoms with Crippen LogP contribution in [0.25, 0.3) is 11.0 Å². The zero-order valence-corrected chi connectivity index (χ0v) is 26.8. The molecule has 0 radical (unpaired) electrons. The molecule has 1 aliphatic heterocycles. The van der Waals surface area contributed by atoms with Crippen molar-refractivity contribution >= 4 is 63.4 Å². The minimum absolute atomic E-state index is 0.0169. The number of nitrogens with zero attached hydrogens (tertiary/aromatic N) is 3. The van der Waals surface area contributed by atoms with Crippen LogP contribution in [0.4, 0.5) is 48.1 Å². The van der Waals surface area contributed by atoms with E-state index in [1.807, 2.05) is 0 Å². The predicted octanol–water partition coefficient (Wildman–Crippen LogP) is 6.78. The zero-order chi connectivity index (χ0) is 34.9. The molecule has 3 aromatic rings. The molecule has 0 atom stereocenters. The van der Waals surface area contributed by atoms with E-state index in [-0.39, 0.29) is 82.7 Å². The highest BCUT2D eigenvalue weighted by atomic mass is 35.5. The van der Waals surface area contributed by atoms with E-state index in [0.717, 1.165) is 10.6 Å². The summed E-state index contributed by atoms with van der Waals surface area (Å²) in [6.07, 6.45) is -8.79. The number of alkyl halides is 7. The van der Waals surface area contributed by atoms with Gasteiger partial charge in [-0.05, 0) is 23.8 Å². The maximum Gasteiger partial charge on any atom is 0.455 e. The lowest BCUT2D eigenvalue weighted by atomic mass is 9.95. The minimum Gasteiger partial charge on any atom is -0.378 e. The second-order valence-corrected chi connectivity index (χ2v) is 12.5. The normalized spacial score (nSPS) is 14.5. The van der Waals surface area contributed by atoms with Crippen molar-refractivity contribution in [3.05, 3.63) is 45.4 Å². The molecule has 1 aliphatic rings. The van der Waals surface area contributed by atoms with Gasteiger partial charge in [-0.3, -0.25) is 9.59 Å². The van der Waals surface area contributed by atoms with Crippen LogP contribution in [-0.2, 0) is 22.6 Å². The number of rotatable bonds is 10. The molecule has 18 heteroatoms. The van der Waals surface area contributed by atoms with Crippen LogP contribution in [-0.4, -0.2) is 72.7 Å². The van der Waals surface area contributed by atoms with Crippen LogP contribution in [0.2, 0.25) is 10.0 Å². The molecule has 1 aromatic heterocycles. The standard InChI is InChI=1S/C29H31Cl2F7N6O3/c1-27(2,3)25(46)39-12-15-4-5-17(30)23(22(15)31)42-26-41-18-10-16(24(45)40-14-28(34,35)29(36,37)38)19(43-6-8-47-9-7-43)11-20(18)44(26)13-21(32)33/h4-5,10-11,21H,6-9,12-14H2,1-3H3,(H,39,46)(H,40,45)(H,41,42). The van der Waals surface area contributed by atoms with E-state index < -0.39 is 42.9 Å². The van der Waals surface area contributed by atoms with E-state index in [9.17, 15) is 40.3 Å². The van der Waals surface area contributed by atoms with Gasteiger partial charge in [-0.2, -0.15) is 22.0 Å². The Kier molecular flexibility index (Phi) is 10.8. The van der Waals surface area contributed by atoms with E-state index in [1.165, 1.54) is 12.1 Å². The van der Waals surface area contributed by atoms with Gasteiger partial charge in [0.2, 0.25) is 11.9 Å². The maximum absolute atomic E-state index is 13.9. The molecular formula is C29H31Cl2F7N6O3. The highest BCUT2D eigenvalue weighted by Gasteiger charge is 2.57. The summed E-state index contributed by atoms with van der Waals surface area (Å²) < 4.78 is 99.7. The first kappa shape index (κ1) is 36.3. The molecule has 1 fully saturated rings. The summed E-state index contributed by atoms with van der Waals surface area (Å²) in [6.45, 7) is 3.12. The van der Waals surface area contributed by atoms with E-state index in [1.54, 1.807) is 37.1 Å². The van der Waals surface area contributed by atoms with Gasteiger partial charge in [-0.15, -0.1) is 0 Å². The van der Waals surface area contributed by atoms with Crippen molar-refractivity contribution in [2.75, 3.05) is 43.1 Å². The summed E-state index contributed by atoms with van der Waals surface area (Å²) in [6, 6.07) is 5.50. The fourth-order valence-corrected chi connectivity index (χ4v) is 5.14. The Morgan fingerprint density at radius 2 is 1.68 bits per heavy atom. The van der Waals surface area contributed by atoms with Gasteiger partial charge in [0, 0.05) is 25.0 Å². The third-order valence-electron chi connectivity index (χ3n) is 7.20. The van der Waals surface area contributed by atoms with Gasteiger partial charge < -0.3 is 30.2 Å². The van der Waals surface area contributed by atoms with E-state index >= 15 is 0 Å². The number of morpholine rings is 1. The van der Waals surface area contributed by atoms with Gasteiger partial charge in [0.1, 0.15) is 0 Å². The molecule has 47 heavy (non-hydrogen) atoms. The molecule has 0 unspecified atom stereocenters. The third-order valence-corrected chi connectivity index (χ3v) is 7.94. The second kappa shape index (κ2) is 13.9. The van der Waals surface area contributed by atoms with Crippen LogP contribution in [0.15, 0.2) is 24.3 Å². The molecule has 258 valence electrons. The average Bonchev–Trinajstić information content (AvgIpc) is 3.31. The average molecular weight is 715 g/mol. The Labute approximate surface area is 274 Å². The molecule has 2 aromatic carbocycles. The number of carbonyl (C=O) groups is 2. The zero-order valence-electron chi connectivity index (χ0n) is 25.3. The number of fused-ring (bicyclic) bond motifs is 1. The van der Waals surface area contributed by atoms with Crippen molar-refractivity contribution in [1.82, 2.24) is 20.2 Å². The molecule has 0 aliphatic carbocycles. The number of halogens is 9. The number of aromatic nitrogens is 2. The monoisotopic (exact) mass is 714 g/mol. The van der Waals surface area contributed by atoms with Crippen LogP contribution in [0.3, 0.4) is 0 Å². The number of amides is 2. The molecule has 2 heterocycles. The van der Waals surface area contributed by atoms with Crippen LogP contribution >= 0.6 is 23.2 Å². The minimum atomic E-state index is -5.90. The largest absolute Gasteiger partial charge is 0.455 e. The number of ether oxygens (including phenoxy) is 1. The molecular weight excluding hydrogens is 684 g/mol. The van der Waals surface area contributed by atoms with Gasteiger partial charge in [-0.25, -0.2) is 13.8 Å². The maximum atomic E-state index is 13.9. The highest BCUT2D eigenvalue weighted by Crippen LogP contribution is 2.38. The highest BCUT2D eigenvalue weighted by molar-refractivity contribution is 6.39. The molecule has 1 saturated heterocycles. The summed E-state index contributed by atoms with van der Waals surface area (Å²) in [4.78, 5) is 31.4. The number of hydrogen-bond acceptors (Lipinski definition) is 6. The molecule has 9 nitrogen and oxygen atoms in total. The second-order valence-electron chi connectivity index (χ2n) is 11.7. The topological polar surface area (TPSA) is 101 Å². The Bertz CT molecular complexity index is 1640. The van der Waals surface area contributed by atoms with Crippen LogP contribution in [0.1, 0.15) is 36.7 Å². The summed E-state index contributed by atoms with van der Waals surface area (Å²) >= 11 is 13.0. The summed E-state index contributed by atoms with van der Waals surface area (Å²) in [5.74, 6) is -6.90. The molecule has 0 saturated carbocycles. The van der Waals surface area contributed by atoms with E-state index in [2.05, 4.69) is 15.6 Å².